The quantitative estimate of drug-likeness (QED) is 0.493. The third-order valence-electron chi connectivity index (χ3n) is 4.36. The zero-order valence-corrected chi connectivity index (χ0v) is 18.1. The minimum Gasteiger partial charge on any atom is -0.493 e. The summed E-state index contributed by atoms with van der Waals surface area (Å²) in [6, 6.07) is 15.9. The van der Waals surface area contributed by atoms with Gasteiger partial charge >= 0.3 is 0 Å². The molecule has 0 heterocycles. The van der Waals surface area contributed by atoms with Crippen LogP contribution < -0.4 is 19.5 Å². The Morgan fingerprint density at radius 2 is 1.50 bits per heavy atom. The molecule has 0 radical (unpaired) electrons. The lowest BCUT2D eigenvalue weighted by atomic mass is 10.2. The summed E-state index contributed by atoms with van der Waals surface area (Å²) in [5, 5.41) is 2.66. The van der Waals surface area contributed by atoms with Crippen LogP contribution in [0.5, 0.6) is 11.5 Å². The summed E-state index contributed by atoms with van der Waals surface area (Å²) in [6.45, 7) is 0. The first-order chi connectivity index (χ1) is 15.3. The second-order valence-electron chi connectivity index (χ2n) is 6.57. The van der Waals surface area contributed by atoms with Crippen molar-refractivity contribution >= 4 is 33.4 Å². The van der Waals surface area contributed by atoms with Gasteiger partial charge in [0.15, 0.2) is 11.5 Å². The molecule has 3 aromatic rings. The summed E-state index contributed by atoms with van der Waals surface area (Å²) in [6.07, 6.45) is 2.96. The van der Waals surface area contributed by atoms with Gasteiger partial charge in [-0.2, -0.15) is 0 Å². The molecule has 7 nitrogen and oxygen atoms in total. The number of sulfonamides is 1. The average molecular weight is 456 g/mol. The van der Waals surface area contributed by atoms with Gasteiger partial charge in [0, 0.05) is 17.5 Å². The van der Waals surface area contributed by atoms with Gasteiger partial charge in [-0.05, 0) is 72.3 Å². The molecule has 3 rings (SSSR count). The van der Waals surface area contributed by atoms with E-state index in [1.165, 1.54) is 56.7 Å². The molecule has 1 amide bonds. The summed E-state index contributed by atoms with van der Waals surface area (Å²) < 4.78 is 50.7. The zero-order valence-electron chi connectivity index (χ0n) is 17.3. The SMILES string of the molecule is COc1ccc(/C=C/C(=O)Nc2ccc(S(=O)(=O)Nc3ccc(F)cc3)cc2)cc1OC. The van der Waals surface area contributed by atoms with Crippen molar-refractivity contribution in [2.75, 3.05) is 24.3 Å². The molecule has 0 spiro atoms. The van der Waals surface area contributed by atoms with E-state index >= 15 is 0 Å². The van der Waals surface area contributed by atoms with Crippen molar-refractivity contribution in [3.05, 3.63) is 84.2 Å². The smallest absolute Gasteiger partial charge is 0.261 e. The fourth-order valence-electron chi connectivity index (χ4n) is 2.76. The van der Waals surface area contributed by atoms with E-state index in [4.69, 9.17) is 9.47 Å². The third-order valence-corrected chi connectivity index (χ3v) is 5.76. The molecule has 32 heavy (non-hydrogen) atoms. The highest BCUT2D eigenvalue weighted by molar-refractivity contribution is 7.92. The monoisotopic (exact) mass is 456 g/mol. The van der Waals surface area contributed by atoms with Gasteiger partial charge in [-0.15, -0.1) is 0 Å². The van der Waals surface area contributed by atoms with Gasteiger partial charge in [0.05, 0.1) is 19.1 Å². The van der Waals surface area contributed by atoms with Crippen LogP contribution in [0.1, 0.15) is 5.56 Å². The molecule has 0 aromatic heterocycles. The number of anilines is 2. The van der Waals surface area contributed by atoms with Gasteiger partial charge in [0.1, 0.15) is 5.82 Å². The zero-order chi connectivity index (χ0) is 23.1. The lowest BCUT2D eigenvalue weighted by Gasteiger charge is -2.09. The maximum absolute atomic E-state index is 13.0. The molecule has 3 aromatic carbocycles. The number of amides is 1. The maximum Gasteiger partial charge on any atom is 0.261 e. The summed E-state index contributed by atoms with van der Waals surface area (Å²) in [7, 11) is -0.789. The van der Waals surface area contributed by atoms with Crippen molar-refractivity contribution in [3.63, 3.8) is 0 Å². The second kappa shape index (κ2) is 9.97. The highest BCUT2D eigenvalue weighted by Gasteiger charge is 2.14. The summed E-state index contributed by atoms with van der Waals surface area (Å²) >= 11 is 0. The van der Waals surface area contributed by atoms with Gasteiger partial charge in [-0.3, -0.25) is 9.52 Å². The predicted molar refractivity (Wildman–Crippen MR) is 121 cm³/mol. The van der Waals surface area contributed by atoms with Crippen LogP contribution in [-0.4, -0.2) is 28.5 Å². The van der Waals surface area contributed by atoms with Crippen LogP contribution in [0, 0.1) is 5.82 Å². The number of halogens is 1. The highest BCUT2D eigenvalue weighted by Crippen LogP contribution is 2.28. The van der Waals surface area contributed by atoms with Crippen molar-refractivity contribution in [1.29, 1.82) is 0 Å². The molecular formula is C23H21FN2O5S. The standard InChI is InChI=1S/C23H21FN2O5S/c1-30-21-13-3-16(15-22(21)31-2)4-14-23(27)25-18-9-11-20(12-10-18)32(28,29)26-19-7-5-17(24)6-8-19/h3-15,26H,1-2H3,(H,25,27)/b14-4+. The van der Waals surface area contributed by atoms with Gasteiger partial charge in [0.25, 0.3) is 10.0 Å². The lowest BCUT2D eigenvalue weighted by Crippen LogP contribution is -2.13. The number of benzene rings is 3. The molecule has 2 N–H and O–H groups in total. The molecule has 0 bridgehead atoms. The number of carbonyl (C=O) groups excluding carboxylic acids is 1. The molecule has 0 aliphatic rings. The Labute approximate surface area is 185 Å². The Balaban J connectivity index is 1.64. The summed E-state index contributed by atoms with van der Waals surface area (Å²) in [5.41, 5.74) is 1.41. The number of carbonyl (C=O) groups is 1. The highest BCUT2D eigenvalue weighted by atomic mass is 32.2. The minimum absolute atomic E-state index is 0.000643. The van der Waals surface area contributed by atoms with Gasteiger partial charge in [0.2, 0.25) is 5.91 Å². The first-order valence-electron chi connectivity index (χ1n) is 9.40. The number of rotatable bonds is 8. The van der Waals surface area contributed by atoms with E-state index in [2.05, 4.69) is 10.0 Å². The number of nitrogens with one attached hydrogen (secondary N) is 2. The van der Waals surface area contributed by atoms with Crippen molar-refractivity contribution in [2.24, 2.45) is 0 Å². The van der Waals surface area contributed by atoms with Crippen LogP contribution in [0.3, 0.4) is 0 Å². The van der Waals surface area contributed by atoms with E-state index in [0.29, 0.717) is 17.2 Å². The molecular weight excluding hydrogens is 435 g/mol. The van der Waals surface area contributed by atoms with Crippen LogP contribution in [0.4, 0.5) is 15.8 Å². The Kier molecular flexibility index (Phi) is 7.11. The molecule has 0 saturated heterocycles. The third kappa shape index (κ3) is 5.86. The Morgan fingerprint density at radius 1 is 0.875 bits per heavy atom. The Bertz CT molecular complexity index is 1220. The molecule has 0 saturated carbocycles. The Morgan fingerprint density at radius 3 is 2.12 bits per heavy atom. The molecule has 0 fully saturated rings. The van der Waals surface area contributed by atoms with Crippen LogP contribution in [0.2, 0.25) is 0 Å². The van der Waals surface area contributed by atoms with Crippen molar-refractivity contribution in [3.8, 4) is 11.5 Å². The summed E-state index contributed by atoms with van der Waals surface area (Å²) in [4.78, 5) is 12.2. The van der Waals surface area contributed by atoms with E-state index in [0.717, 1.165) is 17.7 Å². The van der Waals surface area contributed by atoms with Crippen LogP contribution in [-0.2, 0) is 14.8 Å². The number of ether oxygens (including phenoxy) is 2. The van der Waals surface area contributed by atoms with E-state index in [-0.39, 0.29) is 16.5 Å². The van der Waals surface area contributed by atoms with Crippen LogP contribution in [0.25, 0.3) is 6.08 Å². The molecule has 0 aliphatic carbocycles. The van der Waals surface area contributed by atoms with E-state index < -0.39 is 15.8 Å². The average Bonchev–Trinajstić information content (AvgIpc) is 2.79. The first-order valence-corrected chi connectivity index (χ1v) is 10.9. The second-order valence-corrected chi connectivity index (χ2v) is 8.26. The largest absolute Gasteiger partial charge is 0.493 e. The minimum atomic E-state index is -3.85. The van der Waals surface area contributed by atoms with E-state index in [9.17, 15) is 17.6 Å². The topological polar surface area (TPSA) is 93.7 Å². The predicted octanol–water partition coefficient (Wildman–Crippen LogP) is 4.30. The molecule has 166 valence electrons. The Hall–Kier alpha value is -3.85. The van der Waals surface area contributed by atoms with Crippen molar-refractivity contribution < 1.29 is 27.1 Å². The fraction of sp³-hybridized carbons (Fsp3) is 0.0870. The number of hydrogen-bond donors (Lipinski definition) is 2. The molecule has 9 heteroatoms. The van der Waals surface area contributed by atoms with Crippen LogP contribution in [0.15, 0.2) is 77.7 Å². The van der Waals surface area contributed by atoms with E-state index in [1.54, 1.807) is 24.3 Å². The molecule has 0 aliphatic heterocycles. The van der Waals surface area contributed by atoms with Gasteiger partial charge in [-0.1, -0.05) is 6.07 Å². The first kappa shape index (κ1) is 22.8. The van der Waals surface area contributed by atoms with Crippen molar-refractivity contribution in [1.82, 2.24) is 0 Å². The lowest BCUT2D eigenvalue weighted by molar-refractivity contribution is -0.111. The number of methoxy groups -OCH3 is 2. The fourth-order valence-corrected chi connectivity index (χ4v) is 3.82. The van der Waals surface area contributed by atoms with E-state index in [1.807, 2.05) is 0 Å². The number of hydrogen-bond acceptors (Lipinski definition) is 5. The molecule has 0 atom stereocenters. The molecule has 0 unspecified atom stereocenters. The summed E-state index contributed by atoms with van der Waals surface area (Å²) in [5.74, 6) is 0.271. The maximum atomic E-state index is 13.0. The van der Waals surface area contributed by atoms with Crippen LogP contribution >= 0.6 is 0 Å². The van der Waals surface area contributed by atoms with Gasteiger partial charge < -0.3 is 14.8 Å². The van der Waals surface area contributed by atoms with Crippen molar-refractivity contribution in [2.45, 2.75) is 4.90 Å². The normalized spacial score (nSPS) is 11.2. The van der Waals surface area contributed by atoms with Gasteiger partial charge in [-0.25, -0.2) is 12.8 Å².